The number of hydrogen-bond acceptors (Lipinski definition) is 3. The lowest BCUT2D eigenvalue weighted by Crippen LogP contribution is -2.61. The molecule has 0 aliphatic carbocycles. The van der Waals surface area contributed by atoms with Gasteiger partial charge >= 0.3 is 0 Å². The molecule has 0 bridgehead atoms. The molecule has 20 heavy (non-hydrogen) atoms. The van der Waals surface area contributed by atoms with Crippen LogP contribution in [0.15, 0.2) is 24.3 Å². The van der Waals surface area contributed by atoms with Crippen LogP contribution in [-0.4, -0.2) is 22.3 Å². The van der Waals surface area contributed by atoms with Crippen LogP contribution in [0.4, 0.5) is 0 Å². The molecule has 1 N–H and O–H groups in total. The van der Waals surface area contributed by atoms with E-state index in [0.29, 0.717) is 12.8 Å². The van der Waals surface area contributed by atoms with Crippen LogP contribution < -0.4 is 5.32 Å². The second kappa shape index (κ2) is 5.02. The number of hydrogen-bond donors (Lipinski definition) is 1. The van der Waals surface area contributed by atoms with Gasteiger partial charge < -0.3 is 0 Å². The van der Waals surface area contributed by atoms with Crippen LogP contribution in [0.1, 0.15) is 43.7 Å². The van der Waals surface area contributed by atoms with Crippen LogP contribution in [0.5, 0.6) is 0 Å². The molecule has 3 rings (SSSR count). The Hall–Kier alpha value is -1.68. The summed E-state index contributed by atoms with van der Waals surface area (Å²) >= 11 is 0. The number of carbonyl (C=O) groups excluding carboxylic acids is 2. The van der Waals surface area contributed by atoms with Gasteiger partial charge in [-0.3, -0.25) is 19.8 Å². The summed E-state index contributed by atoms with van der Waals surface area (Å²) in [5.74, 6) is -0.248. The Morgan fingerprint density at radius 1 is 1.20 bits per heavy atom. The van der Waals surface area contributed by atoms with E-state index in [1.165, 1.54) is 11.1 Å². The molecule has 1 aromatic carbocycles. The maximum Gasteiger partial charge on any atom is 0.247 e. The van der Waals surface area contributed by atoms with Crippen molar-refractivity contribution < 1.29 is 9.59 Å². The number of rotatable bonds is 3. The first-order valence-corrected chi connectivity index (χ1v) is 7.32. The van der Waals surface area contributed by atoms with Crippen LogP contribution in [0.2, 0.25) is 0 Å². The van der Waals surface area contributed by atoms with E-state index in [1.807, 2.05) is 12.1 Å². The SMILES string of the molecule is CCC[C@@]1(N2Cc3ccccc3C2)CCC(=O)NC1=O. The molecule has 4 heteroatoms. The van der Waals surface area contributed by atoms with Crippen molar-refractivity contribution >= 4 is 11.8 Å². The summed E-state index contributed by atoms with van der Waals surface area (Å²) in [7, 11) is 0. The van der Waals surface area contributed by atoms with Crippen molar-refractivity contribution in [3.05, 3.63) is 35.4 Å². The van der Waals surface area contributed by atoms with Gasteiger partial charge in [0.25, 0.3) is 0 Å². The van der Waals surface area contributed by atoms with Gasteiger partial charge in [0.05, 0.1) is 0 Å². The standard InChI is InChI=1S/C16H20N2O2/c1-2-8-16(9-7-14(19)17-15(16)20)18-10-12-5-3-4-6-13(12)11-18/h3-6H,2,7-11H2,1H3,(H,17,19,20)/t16-/m1/s1. The second-order valence-electron chi connectivity index (χ2n) is 5.78. The first kappa shape index (κ1) is 13.3. The van der Waals surface area contributed by atoms with E-state index in [-0.39, 0.29) is 11.8 Å². The molecular weight excluding hydrogens is 252 g/mol. The van der Waals surface area contributed by atoms with Gasteiger partial charge in [0.15, 0.2) is 0 Å². The molecule has 2 amide bonds. The molecule has 1 aromatic rings. The van der Waals surface area contributed by atoms with E-state index in [1.54, 1.807) is 0 Å². The normalized spacial score (nSPS) is 26.4. The fourth-order valence-electron chi connectivity index (χ4n) is 3.49. The topological polar surface area (TPSA) is 49.4 Å². The Balaban J connectivity index is 1.89. The first-order chi connectivity index (χ1) is 9.65. The van der Waals surface area contributed by atoms with Crippen molar-refractivity contribution in [3.8, 4) is 0 Å². The first-order valence-electron chi connectivity index (χ1n) is 7.32. The highest BCUT2D eigenvalue weighted by Crippen LogP contribution is 2.37. The van der Waals surface area contributed by atoms with Crippen molar-refractivity contribution in [2.45, 2.75) is 51.2 Å². The van der Waals surface area contributed by atoms with Crippen molar-refractivity contribution in [1.82, 2.24) is 10.2 Å². The summed E-state index contributed by atoms with van der Waals surface area (Å²) < 4.78 is 0. The van der Waals surface area contributed by atoms with Crippen LogP contribution in [0.25, 0.3) is 0 Å². The molecular formula is C16H20N2O2. The van der Waals surface area contributed by atoms with Crippen LogP contribution >= 0.6 is 0 Å². The van der Waals surface area contributed by atoms with Gasteiger partial charge in [-0.25, -0.2) is 0 Å². The average Bonchev–Trinajstić information content (AvgIpc) is 2.86. The molecule has 1 saturated heterocycles. The van der Waals surface area contributed by atoms with Gasteiger partial charge in [-0.2, -0.15) is 0 Å². The highest BCUT2D eigenvalue weighted by molar-refractivity contribution is 6.02. The van der Waals surface area contributed by atoms with Crippen LogP contribution in [0, 0.1) is 0 Å². The minimum absolute atomic E-state index is 0.108. The lowest BCUT2D eigenvalue weighted by Gasteiger charge is -2.42. The molecule has 0 spiro atoms. The number of amides is 2. The molecule has 1 fully saturated rings. The molecule has 2 aliphatic rings. The van der Waals surface area contributed by atoms with E-state index in [2.05, 4.69) is 29.3 Å². The highest BCUT2D eigenvalue weighted by atomic mass is 16.2. The van der Waals surface area contributed by atoms with Gasteiger partial charge in [-0.05, 0) is 24.0 Å². The predicted molar refractivity (Wildman–Crippen MR) is 75.7 cm³/mol. The molecule has 106 valence electrons. The number of fused-ring (bicyclic) bond motifs is 1. The number of nitrogens with zero attached hydrogens (tertiary/aromatic N) is 1. The maximum absolute atomic E-state index is 12.5. The highest BCUT2D eigenvalue weighted by Gasteiger charge is 2.47. The largest absolute Gasteiger partial charge is 0.295 e. The summed E-state index contributed by atoms with van der Waals surface area (Å²) in [5, 5.41) is 2.54. The molecule has 0 unspecified atom stereocenters. The van der Waals surface area contributed by atoms with E-state index in [0.717, 1.165) is 25.9 Å². The third-order valence-corrected chi connectivity index (χ3v) is 4.55. The van der Waals surface area contributed by atoms with E-state index in [4.69, 9.17) is 0 Å². The number of carbonyl (C=O) groups is 2. The Morgan fingerprint density at radius 2 is 1.85 bits per heavy atom. The van der Waals surface area contributed by atoms with Crippen molar-refractivity contribution in [1.29, 1.82) is 0 Å². The number of imide groups is 1. The minimum Gasteiger partial charge on any atom is -0.295 e. The predicted octanol–water partition coefficient (Wildman–Crippen LogP) is 1.98. The fourth-order valence-corrected chi connectivity index (χ4v) is 3.49. The molecule has 4 nitrogen and oxygen atoms in total. The molecule has 2 heterocycles. The Labute approximate surface area is 119 Å². The summed E-state index contributed by atoms with van der Waals surface area (Å²) in [6.45, 7) is 3.70. The fraction of sp³-hybridized carbons (Fsp3) is 0.500. The van der Waals surface area contributed by atoms with Crippen LogP contribution in [0.3, 0.4) is 0 Å². The third kappa shape index (κ3) is 2.04. The van der Waals surface area contributed by atoms with Gasteiger partial charge in [-0.15, -0.1) is 0 Å². The summed E-state index contributed by atoms with van der Waals surface area (Å²) in [5.41, 5.74) is 2.09. The lowest BCUT2D eigenvalue weighted by molar-refractivity contribution is -0.145. The molecule has 0 aromatic heterocycles. The van der Waals surface area contributed by atoms with Gasteiger partial charge in [0, 0.05) is 19.5 Å². The summed E-state index contributed by atoms with van der Waals surface area (Å²) in [6.07, 6.45) is 2.83. The van der Waals surface area contributed by atoms with E-state index in [9.17, 15) is 9.59 Å². The number of nitrogens with one attached hydrogen (secondary N) is 1. The van der Waals surface area contributed by atoms with Gasteiger partial charge in [-0.1, -0.05) is 37.6 Å². The second-order valence-corrected chi connectivity index (χ2v) is 5.78. The molecule has 0 radical (unpaired) electrons. The minimum atomic E-state index is -0.512. The third-order valence-electron chi connectivity index (χ3n) is 4.55. The summed E-state index contributed by atoms with van der Waals surface area (Å²) in [6, 6.07) is 8.33. The molecule has 2 aliphatic heterocycles. The Kier molecular flexibility index (Phi) is 3.34. The van der Waals surface area contributed by atoms with E-state index < -0.39 is 5.54 Å². The van der Waals surface area contributed by atoms with Gasteiger partial charge in [0.2, 0.25) is 11.8 Å². The zero-order chi connectivity index (χ0) is 14.2. The summed E-state index contributed by atoms with van der Waals surface area (Å²) in [4.78, 5) is 26.2. The van der Waals surface area contributed by atoms with E-state index >= 15 is 0 Å². The smallest absolute Gasteiger partial charge is 0.247 e. The Bertz CT molecular complexity index is 530. The monoisotopic (exact) mass is 272 g/mol. The quantitative estimate of drug-likeness (QED) is 0.856. The van der Waals surface area contributed by atoms with Crippen molar-refractivity contribution in [2.24, 2.45) is 0 Å². The number of benzene rings is 1. The zero-order valence-electron chi connectivity index (χ0n) is 11.8. The molecule has 0 saturated carbocycles. The van der Waals surface area contributed by atoms with Gasteiger partial charge in [0.1, 0.15) is 5.54 Å². The number of piperidine rings is 1. The molecule has 1 atom stereocenters. The zero-order valence-corrected chi connectivity index (χ0v) is 11.8. The van der Waals surface area contributed by atoms with Crippen molar-refractivity contribution in [3.63, 3.8) is 0 Å². The average molecular weight is 272 g/mol. The Morgan fingerprint density at radius 3 is 2.40 bits per heavy atom. The van der Waals surface area contributed by atoms with Crippen molar-refractivity contribution in [2.75, 3.05) is 0 Å². The van der Waals surface area contributed by atoms with Crippen LogP contribution in [-0.2, 0) is 22.7 Å². The maximum atomic E-state index is 12.5. The lowest BCUT2D eigenvalue weighted by atomic mass is 9.83.